The molecule has 0 N–H and O–H groups in total. The highest BCUT2D eigenvalue weighted by atomic mass is 79.9. The molecule has 0 heterocycles. The number of halogens is 2. The highest BCUT2D eigenvalue weighted by Gasteiger charge is 2.23. The van der Waals surface area contributed by atoms with Crippen LogP contribution in [0.3, 0.4) is 0 Å². The Hall–Kier alpha value is -2.46. The molecule has 0 amide bonds. The molecule has 112 valence electrons. The number of ether oxygens (including phenoxy) is 1. The fourth-order valence-electron chi connectivity index (χ4n) is 2.22. The lowest BCUT2D eigenvalue weighted by molar-refractivity contribution is -0.384. The summed E-state index contributed by atoms with van der Waals surface area (Å²) in [7, 11) is 1.34. The first kappa shape index (κ1) is 15.9. The molecule has 0 aliphatic heterocycles. The summed E-state index contributed by atoms with van der Waals surface area (Å²) in [5.41, 5.74) is 0.844. The fraction of sp³-hybridized carbons (Fsp3) is 0.133. The lowest BCUT2D eigenvalue weighted by atomic mass is 9.95. The van der Waals surface area contributed by atoms with Crippen LogP contribution in [0.5, 0.6) is 5.75 Å². The minimum Gasteiger partial charge on any atom is -0.494 e. The lowest BCUT2D eigenvalue weighted by Gasteiger charge is -2.15. The SMILES string of the molecule is COc1c(Br)c(F)c(-c2cccc([N+](=O)[O-])c2)c(C)c1C#N. The Morgan fingerprint density at radius 2 is 2.14 bits per heavy atom. The average Bonchev–Trinajstić information content (AvgIpc) is 2.51. The minimum atomic E-state index is -0.631. The zero-order valence-corrected chi connectivity index (χ0v) is 13.3. The van der Waals surface area contributed by atoms with E-state index >= 15 is 0 Å². The van der Waals surface area contributed by atoms with Crippen LogP contribution in [0.15, 0.2) is 28.7 Å². The first-order valence-corrected chi connectivity index (χ1v) is 6.92. The van der Waals surface area contributed by atoms with E-state index in [0.717, 1.165) is 0 Å². The van der Waals surface area contributed by atoms with Gasteiger partial charge < -0.3 is 4.74 Å². The van der Waals surface area contributed by atoms with Crippen molar-refractivity contribution in [2.45, 2.75) is 6.92 Å². The zero-order valence-electron chi connectivity index (χ0n) is 11.7. The third-order valence-corrected chi connectivity index (χ3v) is 3.96. The summed E-state index contributed by atoms with van der Waals surface area (Å²) in [5.74, 6) is -0.527. The van der Waals surface area contributed by atoms with Crippen LogP contribution in [-0.4, -0.2) is 12.0 Å². The van der Waals surface area contributed by atoms with E-state index in [0.29, 0.717) is 11.1 Å². The molecule has 0 unspecified atom stereocenters. The normalized spacial score (nSPS) is 10.1. The Morgan fingerprint density at radius 1 is 1.45 bits per heavy atom. The van der Waals surface area contributed by atoms with Gasteiger partial charge in [0.15, 0.2) is 5.75 Å². The summed E-state index contributed by atoms with van der Waals surface area (Å²) in [6.07, 6.45) is 0. The van der Waals surface area contributed by atoms with E-state index in [4.69, 9.17) is 4.74 Å². The molecule has 0 radical (unpaired) electrons. The Bertz CT molecular complexity index is 815. The smallest absolute Gasteiger partial charge is 0.270 e. The molecule has 0 saturated carbocycles. The summed E-state index contributed by atoms with van der Waals surface area (Å²) in [4.78, 5) is 10.3. The number of nitriles is 1. The van der Waals surface area contributed by atoms with Crippen LogP contribution in [0.2, 0.25) is 0 Å². The Morgan fingerprint density at radius 3 is 2.68 bits per heavy atom. The van der Waals surface area contributed by atoms with Gasteiger partial charge in [0, 0.05) is 17.7 Å². The largest absolute Gasteiger partial charge is 0.494 e. The second-order valence-corrected chi connectivity index (χ2v) is 5.25. The van der Waals surface area contributed by atoms with Gasteiger partial charge in [-0.1, -0.05) is 12.1 Å². The third-order valence-electron chi connectivity index (χ3n) is 3.25. The Labute approximate surface area is 134 Å². The predicted molar refractivity (Wildman–Crippen MR) is 82.2 cm³/mol. The average molecular weight is 365 g/mol. The van der Waals surface area contributed by atoms with Gasteiger partial charge in [-0.25, -0.2) is 4.39 Å². The number of nitro groups is 1. The molecule has 2 aromatic carbocycles. The summed E-state index contributed by atoms with van der Waals surface area (Å²) in [5, 5.41) is 20.2. The van der Waals surface area contributed by atoms with Crippen LogP contribution in [0, 0.1) is 34.2 Å². The van der Waals surface area contributed by atoms with Crippen LogP contribution in [0.25, 0.3) is 11.1 Å². The lowest BCUT2D eigenvalue weighted by Crippen LogP contribution is -2.00. The Kier molecular flexibility index (Phi) is 4.43. The van der Waals surface area contributed by atoms with E-state index in [1.54, 1.807) is 13.0 Å². The van der Waals surface area contributed by atoms with Crippen LogP contribution in [0.4, 0.5) is 10.1 Å². The monoisotopic (exact) mass is 364 g/mol. The standard InChI is InChI=1S/C15H10BrFN2O3/c1-8-11(7-18)15(22-2)13(16)14(17)12(8)9-4-3-5-10(6-9)19(20)21/h3-6H,1-2H3. The molecule has 0 aromatic heterocycles. The maximum absolute atomic E-state index is 14.6. The van der Waals surface area contributed by atoms with Crippen LogP contribution < -0.4 is 4.74 Å². The number of benzene rings is 2. The summed E-state index contributed by atoms with van der Waals surface area (Å²) < 4.78 is 19.7. The summed E-state index contributed by atoms with van der Waals surface area (Å²) in [6, 6.07) is 7.59. The fourth-order valence-corrected chi connectivity index (χ4v) is 2.78. The molecule has 2 rings (SSSR count). The van der Waals surface area contributed by atoms with Crippen molar-refractivity contribution in [1.82, 2.24) is 0 Å². The number of hydrogen-bond donors (Lipinski definition) is 0. The second kappa shape index (κ2) is 6.12. The van der Waals surface area contributed by atoms with E-state index < -0.39 is 10.7 Å². The minimum absolute atomic E-state index is 0.0126. The summed E-state index contributed by atoms with van der Waals surface area (Å²) >= 11 is 3.08. The molecule has 7 heteroatoms. The second-order valence-electron chi connectivity index (χ2n) is 4.46. The van der Waals surface area contributed by atoms with Gasteiger partial charge >= 0.3 is 0 Å². The van der Waals surface area contributed by atoms with Crippen molar-refractivity contribution in [2.24, 2.45) is 0 Å². The maximum Gasteiger partial charge on any atom is 0.270 e. The molecule has 5 nitrogen and oxygen atoms in total. The van der Waals surface area contributed by atoms with Crippen molar-refractivity contribution in [3.63, 3.8) is 0 Å². The van der Waals surface area contributed by atoms with Gasteiger partial charge in [0.2, 0.25) is 0 Å². The third kappa shape index (κ3) is 2.53. The zero-order chi connectivity index (χ0) is 16.4. The molecular formula is C15H10BrFN2O3. The van der Waals surface area contributed by atoms with Crippen molar-refractivity contribution in [3.05, 3.63) is 55.8 Å². The van der Waals surface area contributed by atoms with Gasteiger partial charge in [0.1, 0.15) is 11.9 Å². The molecule has 0 aliphatic rings. The van der Waals surface area contributed by atoms with Crippen molar-refractivity contribution in [1.29, 1.82) is 5.26 Å². The highest BCUT2D eigenvalue weighted by Crippen LogP contribution is 2.41. The Balaban J connectivity index is 2.82. The van der Waals surface area contributed by atoms with Crippen molar-refractivity contribution in [3.8, 4) is 22.9 Å². The molecular weight excluding hydrogens is 355 g/mol. The highest BCUT2D eigenvalue weighted by molar-refractivity contribution is 9.10. The van der Waals surface area contributed by atoms with Gasteiger partial charge in [-0.3, -0.25) is 10.1 Å². The van der Waals surface area contributed by atoms with E-state index in [1.807, 2.05) is 6.07 Å². The van der Waals surface area contributed by atoms with E-state index in [2.05, 4.69) is 15.9 Å². The number of nitro benzene ring substituents is 1. The molecule has 22 heavy (non-hydrogen) atoms. The summed E-state index contributed by atoms with van der Waals surface area (Å²) in [6.45, 7) is 1.57. The molecule has 0 bridgehead atoms. The van der Waals surface area contributed by atoms with Crippen molar-refractivity contribution < 1.29 is 14.1 Å². The van der Waals surface area contributed by atoms with Gasteiger partial charge in [-0.05, 0) is 34.0 Å². The first-order valence-electron chi connectivity index (χ1n) is 6.12. The first-order chi connectivity index (χ1) is 10.4. The van der Waals surface area contributed by atoms with Gasteiger partial charge in [0.25, 0.3) is 5.69 Å². The molecule has 0 atom stereocenters. The number of hydrogen-bond acceptors (Lipinski definition) is 4. The van der Waals surface area contributed by atoms with E-state index in [-0.39, 0.29) is 27.0 Å². The maximum atomic E-state index is 14.6. The van der Waals surface area contributed by atoms with Crippen molar-refractivity contribution >= 4 is 21.6 Å². The van der Waals surface area contributed by atoms with Gasteiger partial charge in [0.05, 0.1) is 22.1 Å². The quantitative estimate of drug-likeness (QED) is 0.599. The van der Waals surface area contributed by atoms with E-state index in [1.165, 1.54) is 25.3 Å². The molecule has 0 fully saturated rings. The molecule has 0 saturated heterocycles. The number of rotatable bonds is 3. The molecule has 0 aliphatic carbocycles. The van der Waals surface area contributed by atoms with Crippen molar-refractivity contribution in [2.75, 3.05) is 7.11 Å². The van der Waals surface area contributed by atoms with Gasteiger partial charge in [-0.15, -0.1) is 0 Å². The topological polar surface area (TPSA) is 76.2 Å². The van der Waals surface area contributed by atoms with Crippen LogP contribution in [0.1, 0.15) is 11.1 Å². The molecule has 0 spiro atoms. The number of nitrogens with zero attached hydrogens (tertiary/aromatic N) is 2. The molecule has 2 aromatic rings. The number of methoxy groups -OCH3 is 1. The van der Waals surface area contributed by atoms with Crippen LogP contribution >= 0.6 is 15.9 Å². The predicted octanol–water partition coefficient (Wildman–Crippen LogP) is 4.35. The van der Waals surface area contributed by atoms with Gasteiger partial charge in [-0.2, -0.15) is 5.26 Å². The van der Waals surface area contributed by atoms with Crippen LogP contribution in [-0.2, 0) is 0 Å². The number of non-ortho nitro benzene ring substituents is 1. The van der Waals surface area contributed by atoms with E-state index in [9.17, 15) is 19.8 Å².